The maximum absolute atomic E-state index is 11.5. The Hall–Kier alpha value is -1.39. The second-order valence-corrected chi connectivity index (χ2v) is 7.01. The monoisotopic (exact) mass is 304 g/mol. The number of nitrogens with zero attached hydrogens (tertiary/aromatic N) is 1. The van der Waals surface area contributed by atoms with Gasteiger partial charge in [-0.25, -0.2) is 0 Å². The van der Waals surface area contributed by atoms with E-state index in [2.05, 4.69) is 29.2 Å². The first-order chi connectivity index (χ1) is 10.3. The minimum atomic E-state index is -0.624. The van der Waals surface area contributed by atoms with Crippen LogP contribution < -0.4 is 5.73 Å². The molecule has 4 nitrogen and oxygen atoms in total. The molecule has 0 bridgehead atoms. The summed E-state index contributed by atoms with van der Waals surface area (Å²) in [6.45, 7) is 5.39. The van der Waals surface area contributed by atoms with E-state index in [1.807, 2.05) is 13.8 Å². The van der Waals surface area contributed by atoms with Gasteiger partial charge >= 0.3 is 0 Å². The van der Waals surface area contributed by atoms with Crippen LogP contribution in [0.15, 0.2) is 24.3 Å². The number of aryl methyl sites for hydroxylation is 1. The number of likely N-dealkylation sites (tertiary alicyclic amines) is 1. The number of carbonyl (C=O) groups excluding carboxylic acids is 1. The first-order valence-electron chi connectivity index (χ1n) is 8.19. The molecule has 1 aliphatic heterocycles. The van der Waals surface area contributed by atoms with Crippen LogP contribution in [-0.2, 0) is 17.8 Å². The molecule has 0 aliphatic carbocycles. The molecule has 0 aromatic heterocycles. The molecule has 0 saturated carbocycles. The fraction of sp³-hybridized carbons (Fsp3) is 0.611. The van der Waals surface area contributed by atoms with Gasteiger partial charge in [-0.3, -0.25) is 9.69 Å². The van der Waals surface area contributed by atoms with Crippen LogP contribution in [0.1, 0.15) is 50.7 Å². The van der Waals surface area contributed by atoms with E-state index < -0.39 is 5.60 Å². The summed E-state index contributed by atoms with van der Waals surface area (Å²) in [6, 6.07) is 8.34. The van der Waals surface area contributed by atoms with Gasteiger partial charge in [-0.1, -0.05) is 30.7 Å². The van der Waals surface area contributed by atoms with E-state index in [0.29, 0.717) is 0 Å². The van der Waals surface area contributed by atoms with Gasteiger partial charge in [0.25, 0.3) is 0 Å². The van der Waals surface area contributed by atoms with Crippen molar-refractivity contribution in [2.24, 2.45) is 5.73 Å². The van der Waals surface area contributed by atoms with Gasteiger partial charge in [0.1, 0.15) is 0 Å². The molecule has 3 N–H and O–H groups in total. The average Bonchev–Trinajstić information content (AvgIpc) is 2.46. The van der Waals surface area contributed by atoms with Crippen molar-refractivity contribution in [2.75, 3.05) is 6.54 Å². The van der Waals surface area contributed by atoms with Crippen molar-refractivity contribution >= 4 is 5.91 Å². The zero-order valence-corrected chi connectivity index (χ0v) is 13.7. The van der Waals surface area contributed by atoms with Crippen LogP contribution >= 0.6 is 0 Å². The Bertz CT molecular complexity index is 491. The number of benzene rings is 1. The second-order valence-electron chi connectivity index (χ2n) is 7.01. The summed E-state index contributed by atoms with van der Waals surface area (Å²) < 4.78 is 0. The summed E-state index contributed by atoms with van der Waals surface area (Å²) in [6.07, 6.45) is 4.71. The first-order valence-corrected chi connectivity index (χ1v) is 8.19. The quantitative estimate of drug-likeness (QED) is 0.847. The topological polar surface area (TPSA) is 66.6 Å². The minimum Gasteiger partial charge on any atom is -0.390 e. The number of primary amides is 1. The Kier molecular flexibility index (Phi) is 5.59. The van der Waals surface area contributed by atoms with Gasteiger partial charge in [-0.2, -0.15) is 0 Å². The van der Waals surface area contributed by atoms with E-state index in [4.69, 9.17) is 5.73 Å². The maximum atomic E-state index is 11.5. The molecule has 1 saturated heterocycles. The molecule has 1 amide bonds. The van der Waals surface area contributed by atoms with E-state index in [0.717, 1.165) is 45.2 Å². The van der Waals surface area contributed by atoms with Gasteiger partial charge in [-0.15, -0.1) is 0 Å². The standard InChI is InChI=1S/C18H28N2O2/c1-18(2,22)11-10-14-6-8-15(9-7-14)13-20-12-4-3-5-16(20)17(19)21/h6-9,16,22H,3-5,10-13H2,1-2H3,(H2,19,21)/t16-/m0/s1. The molecule has 22 heavy (non-hydrogen) atoms. The summed E-state index contributed by atoms with van der Waals surface area (Å²) in [5.74, 6) is -0.207. The fourth-order valence-electron chi connectivity index (χ4n) is 3.00. The van der Waals surface area contributed by atoms with E-state index in [1.54, 1.807) is 0 Å². The summed E-state index contributed by atoms with van der Waals surface area (Å²) in [5, 5.41) is 9.78. The molecule has 1 atom stereocenters. The molecule has 1 fully saturated rings. The summed E-state index contributed by atoms with van der Waals surface area (Å²) in [4.78, 5) is 13.7. The second kappa shape index (κ2) is 7.25. The van der Waals surface area contributed by atoms with Crippen molar-refractivity contribution in [3.8, 4) is 0 Å². The molecule has 0 radical (unpaired) electrons. The third-order valence-corrected chi connectivity index (χ3v) is 4.38. The first kappa shape index (κ1) is 17.0. The third-order valence-electron chi connectivity index (χ3n) is 4.38. The molecular weight excluding hydrogens is 276 g/mol. The molecule has 2 rings (SSSR count). The summed E-state index contributed by atoms with van der Waals surface area (Å²) in [5.41, 5.74) is 7.33. The summed E-state index contributed by atoms with van der Waals surface area (Å²) in [7, 11) is 0. The van der Waals surface area contributed by atoms with E-state index in [1.165, 1.54) is 11.1 Å². The normalized spacial score (nSPS) is 20.0. The van der Waals surface area contributed by atoms with Crippen molar-refractivity contribution in [3.63, 3.8) is 0 Å². The van der Waals surface area contributed by atoms with Crippen LogP contribution in [0.4, 0.5) is 0 Å². The molecular formula is C18H28N2O2. The van der Waals surface area contributed by atoms with E-state index in [9.17, 15) is 9.90 Å². The number of piperidine rings is 1. The lowest BCUT2D eigenvalue weighted by Gasteiger charge is -2.33. The highest BCUT2D eigenvalue weighted by molar-refractivity contribution is 5.79. The molecule has 1 aliphatic rings. The summed E-state index contributed by atoms with van der Waals surface area (Å²) >= 11 is 0. The van der Waals surface area contributed by atoms with Crippen LogP contribution in [0, 0.1) is 0 Å². The Balaban J connectivity index is 1.94. The maximum Gasteiger partial charge on any atom is 0.234 e. The molecule has 1 heterocycles. The van der Waals surface area contributed by atoms with Crippen molar-refractivity contribution in [2.45, 2.75) is 64.1 Å². The van der Waals surface area contributed by atoms with Crippen LogP contribution in [0.2, 0.25) is 0 Å². The lowest BCUT2D eigenvalue weighted by Crippen LogP contribution is -2.47. The Labute approximate surface area is 133 Å². The van der Waals surface area contributed by atoms with Gasteiger partial charge in [0.05, 0.1) is 11.6 Å². The fourth-order valence-corrected chi connectivity index (χ4v) is 3.00. The van der Waals surface area contributed by atoms with E-state index >= 15 is 0 Å². The van der Waals surface area contributed by atoms with Gasteiger partial charge in [0, 0.05) is 6.54 Å². The number of rotatable bonds is 6. The average molecular weight is 304 g/mol. The van der Waals surface area contributed by atoms with Crippen LogP contribution in [0.25, 0.3) is 0 Å². The van der Waals surface area contributed by atoms with E-state index in [-0.39, 0.29) is 11.9 Å². The predicted octanol–water partition coefficient (Wildman–Crippen LogP) is 2.23. The number of hydrogen-bond acceptors (Lipinski definition) is 3. The van der Waals surface area contributed by atoms with Crippen molar-refractivity contribution in [3.05, 3.63) is 35.4 Å². The number of amides is 1. The van der Waals surface area contributed by atoms with Gasteiger partial charge in [-0.05, 0) is 57.2 Å². The molecule has 1 aromatic carbocycles. The number of aliphatic hydroxyl groups is 1. The van der Waals surface area contributed by atoms with Crippen LogP contribution in [0.5, 0.6) is 0 Å². The van der Waals surface area contributed by atoms with Crippen molar-refractivity contribution in [1.29, 1.82) is 0 Å². The zero-order valence-electron chi connectivity index (χ0n) is 13.7. The molecule has 1 aromatic rings. The highest BCUT2D eigenvalue weighted by atomic mass is 16.3. The van der Waals surface area contributed by atoms with Crippen LogP contribution in [-0.4, -0.2) is 34.1 Å². The Morgan fingerprint density at radius 1 is 1.27 bits per heavy atom. The largest absolute Gasteiger partial charge is 0.390 e. The SMILES string of the molecule is CC(C)(O)CCc1ccc(CN2CCCC[C@H]2C(N)=O)cc1. The van der Waals surface area contributed by atoms with Crippen molar-refractivity contribution in [1.82, 2.24) is 4.90 Å². The van der Waals surface area contributed by atoms with Crippen molar-refractivity contribution < 1.29 is 9.90 Å². The Morgan fingerprint density at radius 3 is 2.50 bits per heavy atom. The molecule has 4 heteroatoms. The predicted molar refractivity (Wildman–Crippen MR) is 88.3 cm³/mol. The van der Waals surface area contributed by atoms with Crippen LogP contribution in [0.3, 0.4) is 0 Å². The van der Waals surface area contributed by atoms with Gasteiger partial charge < -0.3 is 10.8 Å². The Morgan fingerprint density at radius 2 is 1.91 bits per heavy atom. The molecule has 122 valence electrons. The van der Waals surface area contributed by atoms with Gasteiger partial charge in [0.15, 0.2) is 0 Å². The number of hydrogen-bond donors (Lipinski definition) is 2. The molecule has 0 unspecified atom stereocenters. The lowest BCUT2D eigenvalue weighted by atomic mass is 9.97. The molecule has 0 spiro atoms. The number of nitrogens with two attached hydrogens (primary N) is 1. The third kappa shape index (κ3) is 5.11. The highest BCUT2D eigenvalue weighted by Gasteiger charge is 2.26. The number of carbonyl (C=O) groups is 1. The van der Waals surface area contributed by atoms with Gasteiger partial charge in [0.2, 0.25) is 5.91 Å². The smallest absolute Gasteiger partial charge is 0.234 e. The zero-order chi connectivity index (χ0) is 16.2. The minimum absolute atomic E-state index is 0.122. The highest BCUT2D eigenvalue weighted by Crippen LogP contribution is 2.20. The lowest BCUT2D eigenvalue weighted by molar-refractivity contribution is -0.124.